The van der Waals surface area contributed by atoms with Gasteiger partial charge in [0.15, 0.2) is 11.3 Å². The van der Waals surface area contributed by atoms with Crippen molar-refractivity contribution in [3.63, 3.8) is 0 Å². The van der Waals surface area contributed by atoms with Gasteiger partial charge >= 0.3 is 5.69 Å². The number of halogens is 2. The van der Waals surface area contributed by atoms with Crippen molar-refractivity contribution in [1.82, 2.24) is 43.7 Å². The molecule has 5 fully saturated rings. The zero-order valence-electron chi connectivity index (χ0n) is 34.9. The van der Waals surface area contributed by atoms with E-state index in [-0.39, 0.29) is 66.6 Å². The minimum Gasteiger partial charge on any atom is -0.374 e. The number of benzene rings is 1. The number of rotatable bonds is 10. The second-order valence-corrected chi connectivity index (χ2v) is 17.4. The van der Waals surface area contributed by atoms with Gasteiger partial charge in [0.2, 0.25) is 11.8 Å². The van der Waals surface area contributed by atoms with Crippen LogP contribution >= 0.6 is 0 Å². The van der Waals surface area contributed by atoms with Crippen LogP contribution in [0.5, 0.6) is 0 Å². The number of alkyl halides is 2. The number of imidazole rings is 1. The highest BCUT2D eigenvalue weighted by atomic mass is 19.3. The summed E-state index contributed by atoms with van der Waals surface area (Å²) in [7, 11) is 1.66. The molecule has 10 rings (SSSR count). The lowest BCUT2D eigenvalue weighted by molar-refractivity contribution is -0.135. The van der Waals surface area contributed by atoms with Crippen LogP contribution in [0.15, 0.2) is 47.7 Å². The van der Waals surface area contributed by atoms with Crippen LogP contribution in [0.2, 0.25) is 0 Å². The number of fused-ring (bicyclic) bond motifs is 4. The largest absolute Gasteiger partial charge is 0.374 e. The summed E-state index contributed by atoms with van der Waals surface area (Å²) in [6.45, 7) is 4.40. The van der Waals surface area contributed by atoms with E-state index in [4.69, 9.17) is 14.5 Å². The second kappa shape index (κ2) is 17.0. The van der Waals surface area contributed by atoms with Crippen molar-refractivity contribution in [3.05, 3.63) is 70.2 Å². The van der Waals surface area contributed by atoms with Crippen molar-refractivity contribution in [2.45, 2.75) is 94.5 Å². The maximum Gasteiger partial charge on any atom is 0.329 e. The van der Waals surface area contributed by atoms with Gasteiger partial charge in [-0.1, -0.05) is 17.9 Å². The SMILES string of the molecule is Cn1c(=O)n(C2CCC(=O)NC2=O)c2cccc(C#CCOC3CCN(CC4CCC(n5cc(NC(=O)c6cnn7ccc(N8C[C@H]9CC8CO9)nc67)c(C(F)F)n5)CC4)CC3)c21. The van der Waals surface area contributed by atoms with Crippen LogP contribution in [-0.4, -0.2) is 114 Å². The summed E-state index contributed by atoms with van der Waals surface area (Å²) in [4.78, 5) is 60.5. The van der Waals surface area contributed by atoms with Crippen molar-refractivity contribution in [3.8, 4) is 11.8 Å². The van der Waals surface area contributed by atoms with Crippen molar-refractivity contribution in [2.24, 2.45) is 13.0 Å². The third-order valence-corrected chi connectivity index (χ3v) is 13.5. The molecule has 5 aliphatic rings. The number of anilines is 2. The number of para-hydroxylation sites is 1. The smallest absolute Gasteiger partial charge is 0.329 e. The molecule has 4 aliphatic heterocycles. The van der Waals surface area contributed by atoms with Gasteiger partial charge in [0, 0.05) is 52.0 Å². The number of carbonyl (C=O) groups excluding carboxylic acids is 3. The first-order valence-corrected chi connectivity index (χ1v) is 21.9. The molecule has 2 unspecified atom stereocenters. The van der Waals surface area contributed by atoms with Crippen LogP contribution < -0.4 is 21.2 Å². The Bertz CT molecular complexity index is 2700. The van der Waals surface area contributed by atoms with Crippen molar-refractivity contribution in [2.75, 3.05) is 49.6 Å². The summed E-state index contributed by atoms with van der Waals surface area (Å²) in [5.74, 6) is 6.11. The average Bonchev–Trinajstić information content (AvgIpc) is 4.13. The number of nitrogens with one attached hydrogen (secondary N) is 2. The number of piperidine rings is 2. The molecule has 5 aromatic rings. The zero-order chi connectivity index (χ0) is 43.4. The number of nitrogens with zero attached hydrogens (tertiary/aromatic N) is 9. The van der Waals surface area contributed by atoms with Gasteiger partial charge in [-0.25, -0.2) is 23.1 Å². The quantitative estimate of drug-likeness (QED) is 0.154. The maximum absolute atomic E-state index is 14.3. The highest BCUT2D eigenvalue weighted by molar-refractivity contribution is 6.08. The van der Waals surface area contributed by atoms with Gasteiger partial charge in [0.25, 0.3) is 12.3 Å². The van der Waals surface area contributed by atoms with E-state index < -0.39 is 30.0 Å². The van der Waals surface area contributed by atoms with Crippen molar-refractivity contribution >= 4 is 45.9 Å². The first-order chi connectivity index (χ1) is 30.6. The predicted molar refractivity (Wildman–Crippen MR) is 226 cm³/mol. The number of likely N-dealkylation sites (tertiary alicyclic amines) is 1. The summed E-state index contributed by atoms with van der Waals surface area (Å²) in [6, 6.07) is 6.73. The Labute approximate surface area is 360 Å². The number of morpholine rings is 1. The van der Waals surface area contributed by atoms with E-state index in [9.17, 15) is 28.0 Å². The molecule has 17 nitrogen and oxygen atoms in total. The highest BCUT2D eigenvalue weighted by Gasteiger charge is 2.40. The van der Waals surface area contributed by atoms with Crippen LogP contribution in [0, 0.1) is 17.8 Å². The van der Waals surface area contributed by atoms with Crippen LogP contribution in [0.4, 0.5) is 20.3 Å². The molecule has 330 valence electrons. The number of hydrogen-bond donors (Lipinski definition) is 2. The minimum absolute atomic E-state index is 0.0104. The van der Waals surface area contributed by atoms with Crippen LogP contribution in [0.25, 0.3) is 16.7 Å². The Morgan fingerprint density at radius 2 is 1.89 bits per heavy atom. The van der Waals surface area contributed by atoms with Gasteiger partial charge in [-0.15, -0.1) is 0 Å². The normalized spacial score (nSPS) is 24.4. The molecule has 2 N–H and O–H groups in total. The topological polar surface area (TPSA) is 175 Å². The first kappa shape index (κ1) is 41.1. The van der Waals surface area contributed by atoms with Crippen molar-refractivity contribution < 1.29 is 32.6 Å². The number of hydrogen-bond acceptors (Lipinski definition) is 11. The Kier molecular flexibility index (Phi) is 11.1. The van der Waals surface area contributed by atoms with E-state index in [1.807, 2.05) is 18.2 Å². The van der Waals surface area contributed by atoms with E-state index in [1.54, 1.807) is 24.0 Å². The number of aryl methyl sites for hydroxylation is 1. The molecule has 1 saturated carbocycles. The van der Waals surface area contributed by atoms with Crippen LogP contribution in [0.1, 0.15) is 97.9 Å². The Morgan fingerprint density at radius 3 is 2.63 bits per heavy atom. The molecular formula is C44H49F2N11O6. The molecule has 1 aromatic carbocycles. The number of amides is 3. The van der Waals surface area contributed by atoms with E-state index in [0.29, 0.717) is 34.8 Å². The van der Waals surface area contributed by atoms with Gasteiger partial charge in [-0.3, -0.25) is 33.5 Å². The number of aromatic nitrogens is 7. The Balaban J connectivity index is 0.700. The zero-order valence-corrected chi connectivity index (χ0v) is 34.9. The summed E-state index contributed by atoms with van der Waals surface area (Å²) in [5, 5.41) is 13.6. The minimum atomic E-state index is -2.86. The van der Waals surface area contributed by atoms with Crippen molar-refractivity contribution in [1.29, 1.82) is 0 Å². The maximum atomic E-state index is 14.3. The van der Waals surface area contributed by atoms with E-state index in [2.05, 4.69) is 42.5 Å². The second-order valence-electron chi connectivity index (χ2n) is 17.4. The number of carbonyl (C=O) groups is 3. The molecule has 3 atom stereocenters. The predicted octanol–water partition coefficient (Wildman–Crippen LogP) is 3.99. The Hall–Kier alpha value is -5.97. The highest BCUT2D eigenvalue weighted by Crippen LogP contribution is 2.36. The summed E-state index contributed by atoms with van der Waals surface area (Å²) < 4.78 is 46.5. The van der Waals surface area contributed by atoms with Crippen LogP contribution in [-0.2, 0) is 26.1 Å². The fourth-order valence-corrected chi connectivity index (χ4v) is 10.2. The fourth-order valence-electron chi connectivity index (χ4n) is 10.2. The molecule has 1 aliphatic carbocycles. The number of imide groups is 1. The van der Waals surface area contributed by atoms with Crippen LogP contribution in [0.3, 0.4) is 0 Å². The summed E-state index contributed by atoms with van der Waals surface area (Å²) in [5.41, 5.74) is 1.62. The lowest BCUT2D eigenvalue weighted by Crippen LogP contribution is -2.44. The standard InChI is InChI=1S/C44H49F2N11O6/c1-52-39-27(4-2-6-34(39)57(44(52)61)35-11-12-37(58)50-43(35)60)5-3-19-62-30-13-16-53(17-14-30)22-26-7-9-28(10-8-26)56-24-33(38(51-56)40(45)46)48-42(59)32-21-47-55-18-15-36(49-41(32)55)54-23-31-20-29(54)25-63-31/h2,4,6,15,18,21,24,26,28-31,35,40H,7-14,16-17,19-20,22-23,25H2,1H3,(H,48,59)(H,50,58,60)/t26?,28?,29?,31-,35?/m1/s1. The molecule has 19 heteroatoms. The Morgan fingerprint density at radius 1 is 1.06 bits per heavy atom. The molecule has 3 amide bonds. The lowest BCUT2D eigenvalue weighted by Gasteiger charge is -2.36. The van der Waals surface area contributed by atoms with Gasteiger partial charge in [-0.2, -0.15) is 10.2 Å². The first-order valence-electron chi connectivity index (χ1n) is 21.9. The summed E-state index contributed by atoms with van der Waals surface area (Å²) >= 11 is 0. The monoisotopic (exact) mass is 865 g/mol. The third-order valence-electron chi connectivity index (χ3n) is 13.5. The molecule has 0 spiro atoms. The molecule has 8 heterocycles. The number of ether oxygens (including phenoxy) is 2. The van der Waals surface area contributed by atoms with E-state index in [1.165, 1.54) is 26.0 Å². The molecular weight excluding hydrogens is 817 g/mol. The van der Waals surface area contributed by atoms with E-state index >= 15 is 0 Å². The van der Waals surface area contributed by atoms with Gasteiger partial charge in [0.1, 0.15) is 24.0 Å². The van der Waals surface area contributed by atoms with Gasteiger partial charge in [0.05, 0.1) is 59.4 Å². The molecule has 4 aromatic heterocycles. The van der Waals surface area contributed by atoms with Gasteiger partial charge in [-0.05, 0) is 75.5 Å². The summed E-state index contributed by atoms with van der Waals surface area (Å²) in [6.07, 6.45) is 8.73. The molecule has 4 saturated heterocycles. The van der Waals surface area contributed by atoms with E-state index in [0.717, 1.165) is 76.9 Å². The molecule has 0 radical (unpaired) electrons. The van der Waals surface area contributed by atoms with Gasteiger partial charge < -0.3 is 24.6 Å². The third kappa shape index (κ3) is 8.00. The average molecular weight is 866 g/mol. The fraction of sp³-hybridized carbons (Fsp3) is 0.523. The lowest BCUT2D eigenvalue weighted by atomic mass is 9.85. The molecule has 2 bridgehead atoms. The molecule has 63 heavy (non-hydrogen) atoms.